The fourth-order valence-electron chi connectivity index (χ4n) is 2.88. The minimum Gasteiger partial charge on any atom is -0.496 e. The van der Waals surface area contributed by atoms with Crippen molar-refractivity contribution in [3.8, 4) is 17.2 Å². The van der Waals surface area contributed by atoms with Crippen molar-refractivity contribution in [3.05, 3.63) is 53.1 Å². The van der Waals surface area contributed by atoms with Crippen LogP contribution < -0.4 is 19.5 Å². The first kappa shape index (κ1) is 17.1. The second-order valence-corrected chi connectivity index (χ2v) is 5.73. The summed E-state index contributed by atoms with van der Waals surface area (Å²) in [5, 5.41) is 13.1. The van der Waals surface area contributed by atoms with E-state index in [0.717, 1.165) is 23.3 Å². The normalized spacial score (nSPS) is 13.6. The van der Waals surface area contributed by atoms with Crippen LogP contribution in [-0.4, -0.2) is 38.4 Å². The van der Waals surface area contributed by atoms with Gasteiger partial charge in [-0.25, -0.2) is 0 Å². The minimum atomic E-state index is -0.810. The quantitative estimate of drug-likeness (QED) is 0.840. The largest absolute Gasteiger partial charge is 0.496 e. The molecule has 1 aliphatic rings. The van der Waals surface area contributed by atoms with E-state index in [0.29, 0.717) is 23.7 Å². The van der Waals surface area contributed by atoms with E-state index in [9.17, 15) is 9.90 Å². The van der Waals surface area contributed by atoms with E-state index in [2.05, 4.69) is 5.32 Å². The maximum Gasteiger partial charge on any atom is 0.258 e. The molecule has 2 aromatic rings. The van der Waals surface area contributed by atoms with Crippen molar-refractivity contribution >= 4 is 5.91 Å². The lowest BCUT2D eigenvalue weighted by atomic mass is 10.0. The molecular weight excluding hydrogens is 322 g/mol. The Balaban J connectivity index is 1.70. The van der Waals surface area contributed by atoms with Crippen LogP contribution >= 0.6 is 0 Å². The number of nitrogens with one attached hydrogen (secondary N) is 1. The highest BCUT2D eigenvalue weighted by molar-refractivity contribution is 5.99. The molecule has 0 bridgehead atoms. The van der Waals surface area contributed by atoms with Crippen molar-refractivity contribution < 1.29 is 24.1 Å². The number of carbonyl (C=O) groups excluding carboxylic acids is 1. The number of aliphatic hydroxyl groups is 1. The third-order valence-electron chi connectivity index (χ3n) is 4.21. The van der Waals surface area contributed by atoms with Crippen molar-refractivity contribution in [2.45, 2.75) is 12.5 Å². The molecule has 0 radical (unpaired) electrons. The van der Waals surface area contributed by atoms with Gasteiger partial charge in [0.1, 0.15) is 22.8 Å². The molecule has 0 fully saturated rings. The van der Waals surface area contributed by atoms with Crippen LogP contribution in [0.2, 0.25) is 0 Å². The lowest BCUT2D eigenvalue weighted by molar-refractivity contribution is 0.0910. The maximum absolute atomic E-state index is 12.5. The third kappa shape index (κ3) is 3.53. The lowest BCUT2D eigenvalue weighted by Gasteiger charge is -2.16. The van der Waals surface area contributed by atoms with Crippen molar-refractivity contribution in [1.29, 1.82) is 0 Å². The first-order valence-corrected chi connectivity index (χ1v) is 8.07. The van der Waals surface area contributed by atoms with Gasteiger partial charge in [-0.2, -0.15) is 0 Å². The number of ether oxygens (including phenoxy) is 3. The van der Waals surface area contributed by atoms with Crippen LogP contribution in [0.3, 0.4) is 0 Å². The first-order chi connectivity index (χ1) is 12.1. The minimum absolute atomic E-state index is 0.0830. The first-order valence-electron chi connectivity index (χ1n) is 8.07. The summed E-state index contributed by atoms with van der Waals surface area (Å²) in [5.41, 5.74) is 2.13. The van der Waals surface area contributed by atoms with E-state index in [1.54, 1.807) is 18.2 Å². The van der Waals surface area contributed by atoms with Crippen molar-refractivity contribution in [2.75, 3.05) is 27.4 Å². The molecule has 1 unspecified atom stereocenters. The zero-order valence-electron chi connectivity index (χ0n) is 14.2. The van der Waals surface area contributed by atoms with Gasteiger partial charge in [0.15, 0.2) is 0 Å². The van der Waals surface area contributed by atoms with E-state index >= 15 is 0 Å². The van der Waals surface area contributed by atoms with Crippen molar-refractivity contribution in [2.24, 2.45) is 0 Å². The maximum atomic E-state index is 12.5. The smallest absolute Gasteiger partial charge is 0.258 e. The molecule has 2 N–H and O–H groups in total. The van der Waals surface area contributed by atoms with Crippen molar-refractivity contribution in [3.63, 3.8) is 0 Å². The highest BCUT2D eigenvalue weighted by Gasteiger charge is 2.20. The molecule has 0 spiro atoms. The van der Waals surface area contributed by atoms with E-state index in [1.807, 2.05) is 18.2 Å². The average molecular weight is 343 g/mol. The zero-order valence-corrected chi connectivity index (χ0v) is 14.2. The number of methoxy groups -OCH3 is 2. The van der Waals surface area contributed by atoms with E-state index in [4.69, 9.17) is 14.2 Å². The van der Waals surface area contributed by atoms with Gasteiger partial charge in [-0.1, -0.05) is 12.1 Å². The summed E-state index contributed by atoms with van der Waals surface area (Å²) in [7, 11) is 2.99. The second kappa shape index (κ2) is 7.44. The Kier molecular flexibility index (Phi) is 5.09. The number of rotatable bonds is 6. The van der Waals surface area contributed by atoms with E-state index < -0.39 is 6.10 Å². The van der Waals surface area contributed by atoms with Crippen LogP contribution in [0.15, 0.2) is 36.4 Å². The summed E-state index contributed by atoms with van der Waals surface area (Å²) < 4.78 is 15.9. The van der Waals surface area contributed by atoms with Gasteiger partial charge in [0.2, 0.25) is 0 Å². The molecule has 1 amide bonds. The molecule has 0 saturated carbocycles. The standard InChI is InChI=1S/C19H21NO5/c1-23-16-4-3-5-17(24-2)18(16)19(22)20-11-14(21)12-6-7-15-13(10-12)8-9-25-15/h3-7,10,14,21H,8-9,11H2,1-2H3,(H,20,22). The summed E-state index contributed by atoms with van der Waals surface area (Å²) in [4.78, 5) is 12.5. The highest BCUT2D eigenvalue weighted by Crippen LogP contribution is 2.29. The molecule has 25 heavy (non-hydrogen) atoms. The fraction of sp³-hybridized carbons (Fsp3) is 0.316. The van der Waals surface area contributed by atoms with Crippen molar-refractivity contribution in [1.82, 2.24) is 5.32 Å². The molecule has 1 heterocycles. The monoisotopic (exact) mass is 343 g/mol. The Morgan fingerprint density at radius 1 is 1.24 bits per heavy atom. The predicted molar refractivity (Wildman–Crippen MR) is 92.5 cm³/mol. The van der Waals surface area contributed by atoms with Gasteiger partial charge < -0.3 is 24.6 Å². The Hall–Kier alpha value is -2.73. The number of amides is 1. The molecule has 3 rings (SSSR count). The summed E-state index contributed by atoms with van der Waals surface area (Å²) >= 11 is 0. The molecule has 6 nitrogen and oxygen atoms in total. The molecule has 0 aliphatic carbocycles. The van der Waals surface area contributed by atoms with Gasteiger partial charge in [0.05, 0.1) is 26.9 Å². The average Bonchev–Trinajstić information content (AvgIpc) is 3.12. The fourth-order valence-corrected chi connectivity index (χ4v) is 2.88. The van der Waals surface area contributed by atoms with Gasteiger partial charge in [-0.3, -0.25) is 4.79 Å². The number of fused-ring (bicyclic) bond motifs is 1. The van der Waals surface area contributed by atoms with Gasteiger partial charge in [0.25, 0.3) is 5.91 Å². The van der Waals surface area contributed by atoms with Crippen LogP contribution in [0.25, 0.3) is 0 Å². The zero-order chi connectivity index (χ0) is 17.8. The number of aliphatic hydroxyl groups excluding tert-OH is 1. The van der Waals surface area contributed by atoms with E-state index in [1.165, 1.54) is 14.2 Å². The second-order valence-electron chi connectivity index (χ2n) is 5.73. The van der Waals surface area contributed by atoms with Crippen LogP contribution in [0.5, 0.6) is 17.2 Å². The molecule has 2 aromatic carbocycles. The lowest BCUT2D eigenvalue weighted by Crippen LogP contribution is -2.29. The number of hydrogen-bond donors (Lipinski definition) is 2. The molecule has 6 heteroatoms. The molecule has 0 aromatic heterocycles. The van der Waals surface area contributed by atoms with Gasteiger partial charge in [-0.05, 0) is 35.4 Å². The summed E-state index contributed by atoms with van der Waals surface area (Å²) in [6.07, 6.45) is 0.0243. The summed E-state index contributed by atoms with van der Waals surface area (Å²) in [5.74, 6) is 1.33. The van der Waals surface area contributed by atoms with Gasteiger partial charge >= 0.3 is 0 Å². The molecule has 132 valence electrons. The van der Waals surface area contributed by atoms with Gasteiger partial charge in [-0.15, -0.1) is 0 Å². The van der Waals surface area contributed by atoms with E-state index in [-0.39, 0.29) is 12.5 Å². The number of benzene rings is 2. The Morgan fingerprint density at radius 3 is 2.64 bits per heavy atom. The summed E-state index contributed by atoms with van der Waals surface area (Å²) in [6, 6.07) is 10.7. The highest BCUT2D eigenvalue weighted by atomic mass is 16.5. The number of hydrogen-bond acceptors (Lipinski definition) is 5. The molecular formula is C19H21NO5. The molecule has 1 aliphatic heterocycles. The van der Waals surface area contributed by atoms with Gasteiger partial charge in [0, 0.05) is 13.0 Å². The SMILES string of the molecule is COc1cccc(OC)c1C(=O)NCC(O)c1ccc2c(c1)CCO2. The predicted octanol–water partition coefficient (Wildman–Crippen LogP) is 2.10. The van der Waals surface area contributed by atoms with Crippen LogP contribution in [-0.2, 0) is 6.42 Å². The summed E-state index contributed by atoms with van der Waals surface area (Å²) in [6.45, 7) is 0.749. The van der Waals surface area contributed by atoms with Crippen LogP contribution in [0.4, 0.5) is 0 Å². The third-order valence-corrected chi connectivity index (χ3v) is 4.21. The Labute approximate surface area is 146 Å². The number of carbonyl (C=O) groups is 1. The molecule has 0 saturated heterocycles. The Morgan fingerprint density at radius 2 is 1.96 bits per heavy atom. The molecule has 1 atom stereocenters. The van der Waals surface area contributed by atoms with Crippen LogP contribution in [0, 0.1) is 0 Å². The topological polar surface area (TPSA) is 77.0 Å². The van der Waals surface area contributed by atoms with Crippen LogP contribution in [0.1, 0.15) is 27.6 Å². The Bertz CT molecular complexity index is 752.